The van der Waals surface area contributed by atoms with Gasteiger partial charge < -0.3 is 4.90 Å². The fraction of sp³-hybridized carbons (Fsp3) is 0.231. The van der Waals surface area contributed by atoms with Crippen LogP contribution < -0.4 is 4.90 Å². The molecule has 8 heteroatoms. The van der Waals surface area contributed by atoms with Crippen LogP contribution in [-0.4, -0.2) is 42.6 Å². The van der Waals surface area contributed by atoms with Gasteiger partial charge >= 0.3 is 0 Å². The van der Waals surface area contributed by atoms with Gasteiger partial charge in [-0.05, 0) is 22.0 Å². The van der Waals surface area contributed by atoms with E-state index in [0.29, 0.717) is 6.04 Å². The predicted molar refractivity (Wildman–Crippen MR) is 80.3 cm³/mol. The first kappa shape index (κ1) is 12.5. The van der Waals surface area contributed by atoms with Crippen molar-refractivity contribution < 1.29 is 0 Å². The van der Waals surface area contributed by atoms with Gasteiger partial charge in [0.05, 0.1) is 29.1 Å². The molecule has 0 radical (unpaired) electrons. The zero-order chi connectivity index (χ0) is 14.2. The summed E-state index contributed by atoms with van der Waals surface area (Å²) in [5, 5.41) is 8.49. The van der Waals surface area contributed by atoms with Crippen molar-refractivity contribution in [1.29, 1.82) is 0 Å². The van der Waals surface area contributed by atoms with E-state index in [1.54, 1.807) is 29.5 Å². The van der Waals surface area contributed by atoms with Crippen molar-refractivity contribution in [3.63, 3.8) is 0 Å². The molecule has 0 aromatic carbocycles. The van der Waals surface area contributed by atoms with Crippen LogP contribution in [0.2, 0.25) is 0 Å². The summed E-state index contributed by atoms with van der Waals surface area (Å²) >= 11 is 3.42. The molecule has 4 rings (SSSR count). The molecule has 1 fully saturated rings. The number of rotatable bonds is 3. The SMILES string of the molecule is Brc1cnn(C2CN(c3cncc(-n4cccn4)n3)C2)c1. The molecule has 3 aromatic heterocycles. The number of anilines is 1. The molecule has 0 atom stereocenters. The van der Waals surface area contributed by atoms with E-state index in [9.17, 15) is 0 Å². The lowest BCUT2D eigenvalue weighted by Gasteiger charge is -2.39. The molecule has 1 aliphatic heterocycles. The third kappa shape index (κ3) is 2.31. The Balaban J connectivity index is 1.50. The first-order chi connectivity index (χ1) is 10.3. The maximum Gasteiger partial charge on any atom is 0.173 e. The summed E-state index contributed by atoms with van der Waals surface area (Å²) in [5.74, 6) is 1.59. The van der Waals surface area contributed by atoms with E-state index in [-0.39, 0.29) is 0 Å². The van der Waals surface area contributed by atoms with Gasteiger partial charge in [0.25, 0.3) is 0 Å². The first-order valence-electron chi connectivity index (χ1n) is 6.56. The lowest BCUT2D eigenvalue weighted by Crippen LogP contribution is -2.48. The molecule has 3 aromatic rings. The van der Waals surface area contributed by atoms with Crippen LogP contribution in [0.25, 0.3) is 5.82 Å². The van der Waals surface area contributed by atoms with E-state index in [0.717, 1.165) is 29.2 Å². The van der Waals surface area contributed by atoms with Gasteiger partial charge in [-0.15, -0.1) is 0 Å². The normalized spacial score (nSPS) is 15.2. The molecule has 7 nitrogen and oxygen atoms in total. The summed E-state index contributed by atoms with van der Waals surface area (Å²) in [5.41, 5.74) is 0. The number of nitrogens with zero attached hydrogens (tertiary/aromatic N) is 7. The summed E-state index contributed by atoms with van der Waals surface area (Å²) in [6.45, 7) is 1.76. The van der Waals surface area contributed by atoms with Gasteiger partial charge in [0.1, 0.15) is 5.82 Å². The molecule has 4 heterocycles. The van der Waals surface area contributed by atoms with Gasteiger partial charge in [0, 0.05) is 31.7 Å². The highest BCUT2D eigenvalue weighted by atomic mass is 79.9. The number of hydrogen-bond acceptors (Lipinski definition) is 5. The van der Waals surface area contributed by atoms with Crippen molar-refractivity contribution in [1.82, 2.24) is 29.5 Å². The minimum Gasteiger partial charge on any atom is -0.351 e. The van der Waals surface area contributed by atoms with E-state index in [1.807, 2.05) is 23.1 Å². The van der Waals surface area contributed by atoms with Crippen molar-refractivity contribution in [2.24, 2.45) is 0 Å². The molecule has 0 aliphatic carbocycles. The second-order valence-corrected chi connectivity index (χ2v) is 5.80. The standard InChI is InChI=1S/C13H12BrN7/c14-10-4-17-21(7-10)11-8-19(9-11)12-5-15-6-13(18-12)20-3-1-2-16-20/h1-7,11H,8-9H2. The van der Waals surface area contributed by atoms with Crippen LogP contribution in [-0.2, 0) is 0 Å². The van der Waals surface area contributed by atoms with Crippen LogP contribution in [0, 0.1) is 0 Å². The minimum atomic E-state index is 0.381. The predicted octanol–water partition coefficient (Wildman–Crippen LogP) is 1.68. The molecule has 0 unspecified atom stereocenters. The second-order valence-electron chi connectivity index (χ2n) is 4.88. The Kier molecular flexibility index (Phi) is 2.95. The summed E-state index contributed by atoms with van der Waals surface area (Å²) in [6, 6.07) is 2.25. The fourth-order valence-electron chi connectivity index (χ4n) is 2.34. The molecule has 0 saturated carbocycles. The maximum atomic E-state index is 4.60. The Bertz CT molecular complexity index is 745. The number of hydrogen-bond donors (Lipinski definition) is 0. The minimum absolute atomic E-state index is 0.381. The van der Waals surface area contributed by atoms with Crippen molar-refractivity contribution in [3.8, 4) is 5.82 Å². The summed E-state index contributed by atoms with van der Waals surface area (Å²) in [4.78, 5) is 11.0. The highest BCUT2D eigenvalue weighted by Crippen LogP contribution is 2.26. The average molecular weight is 346 g/mol. The lowest BCUT2D eigenvalue weighted by atomic mass is 10.1. The summed E-state index contributed by atoms with van der Waals surface area (Å²) in [7, 11) is 0. The van der Waals surface area contributed by atoms with E-state index >= 15 is 0 Å². The van der Waals surface area contributed by atoms with E-state index in [2.05, 4.69) is 41.0 Å². The molecular weight excluding hydrogens is 334 g/mol. The monoisotopic (exact) mass is 345 g/mol. The average Bonchev–Trinajstić information content (AvgIpc) is 3.09. The molecule has 0 amide bonds. The van der Waals surface area contributed by atoms with Crippen molar-refractivity contribution in [3.05, 3.63) is 47.7 Å². The molecule has 0 bridgehead atoms. The number of aromatic nitrogens is 6. The van der Waals surface area contributed by atoms with E-state index in [4.69, 9.17) is 0 Å². The Morgan fingerprint density at radius 3 is 2.67 bits per heavy atom. The Hall–Kier alpha value is -2.22. The third-order valence-corrected chi connectivity index (χ3v) is 3.89. The van der Waals surface area contributed by atoms with Crippen molar-refractivity contribution >= 4 is 21.7 Å². The molecule has 1 saturated heterocycles. The smallest absolute Gasteiger partial charge is 0.173 e. The Morgan fingerprint density at radius 2 is 1.95 bits per heavy atom. The second kappa shape index (κ2) is 4.96. The van der Waals surface area contributed by atoms with Gasteiger partial charge in [0.15, 0.2) is 5.82 Å². The quantitative estimate of drug-likeness (QED) is 0.722. The van der Waals surface area contributed by atoms with Gasteiger partial charge in [-0.3, -0.25) is 9.67 Å². The van der Waals surface area contributed by atoms with Crippen LogP contribution in [0.5, 0.6) is 0 Å². The highest BCUT2D eigenvalue weighted by Gasteiger charge is 2.30. The lowest BCUT2D eigenvalue weighted by molar-refractivity contribution is 0.365. The largest absolute Gasteiger partial charge is 0.351 e. The molecule has 1 aliphatic rings. The third-order valence-electron chi connectivity index (χ3n) is 3.48. The summed E-state index contributed by atoms with van der Waals surface area (Å²) < 4.78 is 4.69. The zero-order valence-electron chi connectivity index (χ0n) is 11.0. The van der Waals surface area contributed by atoms with Gasteiger partial charge in [-0.25, -0.2) is 9.67 Å². The van der Waals surface area contributed by atoms with Crippen molar-refractivity contribution in [2.45, 2.75) is 6.04 Å². The van der Waals surface area contributed by atoms with E-state index < -0.39 is 0 Å². The van der Waals surface area contributed by atoms with Gasteiger partial charge in [0.2, 0.25) is 0 Å². The topological polar surface area (TPSA) is 64.7 Å². The Morgan fingerprint density at radius 1 is 1.10 bits per heavy atom. The van der Waals surface area contributed by atoms with Crippen LogP contribution in [0.3, 0.4) is 0 Å². The molecule has 21 heavy (non-hydrogen) atoms. The first-order valence-corrected chi connectivity index (χ1v) is 7.35. The van der Waals surface area contributed by atoms with Crippen LogP contribution in [0.15, 0.2) is 47.7 Å². The molecule has 0 spiro atoms. The Labute approximate surface area is 129 Å². The summed E-state index contributed by atoms with van der Waals surface area (Å²) in [6.07, 6.45) is 10.9. The maximum absolute atomic E-state index is 4.60. The molecule has 106 valence electrons. The van der Waals surface area contributed by atoms with Gasteiger partial charge in [-0.1, -0.05) is 0 Å². The molecular formula is C13H12BrN7. The van der Waals surface area contributed by atoms with Crippen LogP contribution in [0.4, 0.5) is 5.82 Å². The van der Waals surface area contributed by atoms with Crippen LogP contribution in [0.1, 0.15) is 6.04 Å². The van der Waals surface area contributed by atoms with E-state index in [1.165, 1.54) is 0 Å². The zero-order valence-corrected chi connectivity index (χ0v) is 12.6. The highest BCUT2D eigenvalue weighted by molar-refractivity contribution is 9.10. The number of halogens is 1. The van der Waals surface area contributed by atoms with Crippen molar-refractivity contribution in [2.75, 3.05) is 18.0 Å². The molecule has 0 N–H and O–H groups in total. The van der Waals surface area contributed by atoms with Crippen LogP contribution >= 0.6 is 15.9 Å². The fourth-order valence-corrected chi connectivity index (χ4v) is 2.64. The van der Waals surface area contributed by atoms with Gasteiger partial charge in [-0.2, -0.15) is 10.2 Å².